The number of carbonyl (C=O) groups is 3. The summed E-state index contributed by atoms with van der Waals surface area (Å²) in [6.45, 7) is 5.09. The van der Waals surface area contributed by atoms with Gasteiger partial charge in [0, 0.05) is 18.9 Å². The largest absolute Gasteiger partial charge is 0.461 e. The highest BCUT2D eigenvalue weighted by Crippen LogP contribution is 2.34. The molecule has 1 aliphatic carbocycles. The van der Waals surface area contributed by atoms with E-state index in [1.165, 1.54) is 6.92 Å². The summed E-state index contributed by atoms with van der Waals surface area (Å²) in [4.78, 5) is 33.9. The van der Waals surface area contributed by atoms with E-state index in [2.05, 4.69) is 6.58 Å². The molecule has 0 spiro atoms. The van der Waals surface area contributed by atoms with Crippen molar-refractivity contribution < 1.29 is 29.0 Å². The number of aliphatic hydroxyl groups excluding tert-OH is 1. The Bertz CT molecular complexity index is 586. The molecular weight excluding hydrogens is 300 g/mol. The van der Waals surface area contributed by atoms with E-state index < -0.39 is 30.1 Å². The molecule has 2 rings (SSSR count). The minimum atomic E-state index is -0.945. The second-order valence-corrected chi connectivity index (χ2v) is 5.73. The monoisotopic (exact) mass is 320 g/mol. The first kappa shape index (κ1) is 17.1. The van der Waals surface area contributed by atoms with Gasteiger partial charge in [0.25, 0.3) is 0 Å². The van der Waals surface area contributed by atoms with Gasteiger partial charge in [0.05, 0.1) is 12.0 Å². The molecule has 1 heterocycles. The number of fused-ring (bicyclic) bond motifs is 1. The van der Waals surface area contributed by atoms with Crippen LogP contribution in [0, 0.1) is 5.92 Å². The van der Waals surface area contributed by atoms with Crippen molar-refractivity contribution in [2.75, 3.05) is 6.61 Å². The quantitative estimate of drug-likeness (QED) is 0.364. The highest BCUT2D eigenvalue weighted by Gasteiger charge is 2.42. The maximum absolute atomic E-state index is 11.8. The third-order valence-electron chi connectivity index (χ3n) is 4.01. The van der Waals surface area contributed by atoms with Crippen LogP contribution in [0.15, 0.2) is 35.5 Å². The number of allylic oxidation sites excluding steroid dienone is 1. The topological polar surface area (TPSA) is 89.9 Å². The van der Waals surface area contributed by atoms with Crippen molar-refractivity contribution in [1.82, 2.24) is 0 Å². The number of esters is 2. The van der Waals surface area contributed by atoms with E-state index >= 15 is 0 Å². The van der Waals surface area contributed by atoms with Crippen molar-refractivity contribution in [3.8, 4) is 0 Å². The molecule has 0 aromatic heterocycles. The lowest BCUT2D eigenvalue weighted by Gasteiger charge is -2.23. The lowest BCUT2D eigenvalue weighted by molar-refractivity contribution is -0.140. The van der Waals surface area contributed by atoms with Crippen molar-refractivity contribution in [3.63, 3.8) is 0 Å². The third-order valence-corrected chi connectivity index (χ3v) is 4.01. The second-order valence-electron chi connectivity index (χ2n) is 5.73. The normalized spacial score (nSPS) is 32.7. The third kappa shape index (κ3) is 4.16. The minimum Gasteiger partial charge on any atom is -0.461 e. The molecule has 124 valence electrons. The summed E-state index contributed by atoms with van der Waals surface area (Å²) < 4.78 is 10.3. The van der Waals surface area contributed by atoms with Gasteiger partial charge in [-0.3, -0.25) is 9.59 Å². The average molecular weight is 320 g/mol. The van der Waals surface area contributed by atoms with Crippen molar-refractivity contribution in [1.29, 1.82) is 0 Å². The highest BCUT2D eigenvalue weighted by atomic mass is 16.6. The van der Waals surface area contributed by atoms with E-state index in [0.29, 0.717) is 24.7 Å². The Morgan fingerprint density at radius 2 is 2.30 bits per heavy atom. The first-order valence-corrected chi connectivity index (χ1v) is 7.47. The Morgan fingerprint density at radius 1 is 1.57 bits per heavy atom. The van der Waals surface area contributed by atoms with Crippen LogP contribution in [0.5, 0.6) is 0 Å². The molecule has 3 atom stereocenters. The Hall–Kier alpha value is -2.21. The van der Waals surface area contributed by atoms with E-state index in [1.807, 2.05) is 0 Å². The summed E-state index contributed by atoms with van der Waals surface area (Å²) in [7, 11) is 0. The molecule has 0 saturated carbocycles. The number of aldehydes is 1. The summed E-state index contributed by atoms with van der Waals surface area (Å²) in [5.41, 5.74) is 1.43. The molecule has 0 bridgehead atoms. The van der Waals surface area contributed by atoms with Crippen molar-refractivity contribution in [2.24, 2.45) is 5.92 Å². The molecule has 1 saturated heterocycles. The molecule has 6 nitrogen and oxygen atoms in total. The predicted molar refractivity (Wildman–Crippen MR) is 81.2 cm³/mol. The Kier molecular flexibility index (Phi) is 5.50. The van der Waals surface area contributed by atoms with Crippen LogP contribution in [0.2, 0.25) is 0 Å². The van der Waals surface area contributed by atoms with Crippen LogP contribution in [0.25, 0.3) is 0 Å². The fourth-order valence-corrected chi connectivity index (χ4v) is 2.82. The number of aliphatic hydroxyl groups is 1. The molecule has 0 aromatic rings. The number of ether oxygens (including phenoxy) is 2. The van der Waals surface area contributed by atoms with E-state index in [1.54, 1.807) is 12.2 Å². The SMILES string of the molecule is C=C1C(=O)O[C@@H]2/C=C(/COC(C)=O)CC/C=C(/C=O)C[C@H](O)[C@@H]12. The van der Waals surface area contributed by atoms with Gasteiger partial charge < -0.3 is 14.6 Å². The molecule has 0 aromatic carbocycles. The van der Waals surface area contributed by atoms with Crippen LogP contribution in [-0.4, -0.2) is 42.1 Å². The molecule has 1 fully saturated rings. The van der Waals surface area contributed by atoms with Gasteiger partial charge in [-0.05, 0) is 30.1 Å². The molecule has 1 N–H and O–H groups in total. The predicted octanol–water partition coefficient (Wildman–Crippen LogP) is 1.24. The average Bonchev–Trinajstić information content (AvgIpc) is 2.77. The fourth-order valence-electron chi connectivity index (χ4n) is 2.82. The van der Waals surface area contributed by atoms with E-state index in [0.717, 1.165) is 5.57 Å². The Balaban J connectivity index is 2.31. The van der Waals surface area contributed by atoms with Crippen LogP contribution < -0.4 is 0 Å². The molecule has 2 aliphatic rings. The zero-order valence-corrected chi connectivity index (χ0v) is 13.0. The lowest BCUT2D eigenvalue weighted by Crippen LogP contribution is -2.29. The van der Waals surface area contributed by atoms with Gasteiger partial charge in [-0.2, -0.15) is 0 Å². The standard InChI is InChI=1S/C17H20O6/c1-10-16-14(20)6-12(8-18)4-3-5-13(9-22-11(2)19)7-15(16)23-17(10)21/h4,7-8,14-16,20H,1,3,5-6,9H2,2H3/b12-4+,13-7+/t14-,15+,16+/m0/s1. The molecule has 1 aliphatic heterocycles. The number of carbonyl (C=O) groups excluding carboxylic acids is 3. The highest BCUT2D eigenvalue weighted by molar-refractivity contribution is 5.91. The van der Waals surface area contributed by atoms with Gasteiger partial charge in [0.1, 0.15) is 19.0 Å². The van der Waals surface area contributed by atoms with Gasteiger partial charge in [0.15, 0.2) is 0 Å². The first-order chi connectivity index (χ1) is 10.9. The molecular formula is C17H20O6. The van der Waals surface area contributed by atoms with Crippen molar-refractivity contribution in [3.05, 3.63) is 35.5 Å². The number of rotatable bonds is 3. The van der Waals surface area contributed by atoms with Gasteiger partial charge in [0.2, 0.25) is 0 Å². The smallest absolute Gasteiger partial charge is 0.334 e. The zero-order valence-electron chi connectivity index (χ0n) is 13.0. The van der Waals surface area contributed by atoms with Crippen LogP contribution in [0.3, 0.4) is 0 Å². The molecule has 0 unspecified atom stereocenters. The fraction of sp³-hybridized carbons (Fsp3) is 0.471. The lowest BCUT2D eigenvalue weighted by atomic mass is 9.85. The summed E-state index contributed by atoms with van der Waals surface area (Å²) in [6.07, 6.45) is 3.84. The first-order valence-electron chi connectivity index (χ1n) is 7.47. The van der Waals surface area contributed by atoms with E-state index in [-0.39, 0.29) is 18.6 Å². The maximum Gasteiger partial charge on any atom is 0.334 e. The molecule has 23 heavy (non-hydrogen) atoms. The molecule has 0 radical (unpaired) electrons. The van der Waals surface area contributed by atoms with E-state index in [4.69, 9.17) is 9.47 Å². The van der Waals surface area contributed by atoms with Crippen LogP contribution in [0.1, 0.15) is 26.2 Å². The van der Waals surface area contributed by atoms with Gasteiger partial charge in [-0.25, -0.2) is 4.79 Å². The van der Waals surface area contributed by atoms with Gasteiger partial charge >= 0.3 is 11.9 Å². The van der Waals surface area contributed by atoms with Crippen LogP contribution >= 0.6 is 0 Å². The summed E-state index contributed by atoms with van der Waals surface area (Å²) in [6, 6.07) is 0. The van der Waals surface area contributed by atoms with Crippen LogP contribution in [-0.2, 0) is 23.9 Å². The number of hydrogen-bond donors (Lipinski definition) is 1. The number of hydrogen-bond acceptors (Lipinski definition) is 6. The van der Waals surface area contributed by atoms with Crippen molar-refractivity contribution in [2.45, 2.75) is 38.4 Å². The van der Waals surface area contributed by atoms with E-state index in [9.17, 15) is 19.5 Å². The summed E-state index contributed by atoms with van der Waals surface area (Å²) in [5.74, 6) is -1.58. The molecule has 0 amide bonds. The Labute approximate surface area is 134 Å². The second kappa shape index (κ2) is 7.37. The van der Waals surface area contributed by atoms with Crippen molar-refractivity contribution >= 4 is 18.2 Å². The Morgan fingerprint density at radius 3 is 2.96 bits per heavy atom. The zero-order chi connectivity index (χ0) is 17.0. The molecule has 6 heteroatoms. The van der Waals surface area contributed by atoms with Crippen LogP contribution in [0.4, 0.5) is 0 Å². The summed E-state index contributed by atoms with van der Waals surface area (Å²) >= 11 is 0. The summed E-state index contributed by atoms with van der Waals surface area (Å²) in [5, 5.41) is 10.4. The maximum atomic E-state index is 11.8. The van der Waals surface area contributed by atoms with Gasteiger partial charge in [-0.1, -0.05) is 12.7 Å². The minimum absolute atomic E-state index is 0.0862. The van der Waals surface area contributed by atoms with Gasteiger partial charge in [-0.15, -0.1) is 0 Å².